The van der Waals surface area contributed by atoms with Crippen LogP contribution in [0.15, 0.2) is 30.5 Å². The third kappa shape index (κ3) is 9.93. The fourth-order valence-corrected chi connectivity index (χ4v) is 2.29. The quantitative estimate of drug-likeness (QED) is 0.461. The van der Waals surface area contributed by atoms with E-state index in [1.54, 1.807) is 6.20 Å². The zero-order valence-corrected chi connectivity index (χ0v) is 14.5. The van der Waals surface area contributed by atoms with E-state index in [0.717, 1.165) is 12.1 Å². The van der Waals surface area contributed by atoms with Crippen LogP contribution in [0.4, 0.5) is 0 Å². The van der Waals surface area contributed by atoms with Crippen molar-refractivity contribution in [2.45, 2.75) is 6.54 Å². The minimum absolute atomic E-state index is 0.0351. The van der Waals surface area contributed by atoms with Crippen LogP contribution in [-0.4, -0.2) is 66.3 Å². The molecule has 0 bridgehead atoms. The maximum Gasteiger partial charge on any atom is 0.230 e. The number of hydrogen-bond acceptors (Lipinski definition) is 6. The molecule has 2 N–H and O–H groups in total. The van der Waals surface area contributed by atoms with Gasteiger partial charge in [0.2, 0.25) is 11.8 Å². The van der Waals surface area contributed by atoms with Gasteiger partial charge in [-0.1, -0.05) is 6.08 Å². The SMILES string of the molecule is CN(C)Cc1ccnc(OC/C=C\CNC(=O)CSCCO)c1. The third-order valence-electron chi connectivity index (χ3n) is 2.68. The molecule has 128 valence electrons. The number of aliphatic hydroxyl groups excluding tert-OH is 1. The van der Waals surface area contributed by atoms with E-state index in [0.29, 0.717) is 30.5 Å². The fraction of sp³-hybridized carbons (Fsp3) is 0.500. The van der Waals surface area contributed by atoms with Gasteiger partial charge in [0.25, 0.3) is 0 Å². The Bertz CT molecular complexity index is 495. The summed E-state index contributed by atoms with van der Waals surface area (Å²) < 4.78 is 5.55. The van der Waals surface area contributed by atoms with E-state index in [1.165, 1.54) is 11.8 Å². The Labute approximate surface area is 141 Å². The number of amides is 1. The van der Waals surface area contributed by atoms with Gasteiger partial charge in [0, 0.05) is 31.1 Å². The van der Waals surface area contributed by atoms with Gasteiger partial charge in [-0.3, -0.25) is 4.79 Å². The predicted molar refractivity (Wildman–Crippen MR) is 93.7 cm³/mol. The molecule has 0 saturated heterocycles. The topological polar surface area (TPSA) is 74.7 Å². The summed E-state index contributed by atoms with van der Waals surface area (Å²) in [5.41, 5.74) is 1.15. The molecule has 0 aliphatic rings. The number of hydrogen-bond donors (Lipinski definition) is 2. The lowest BCUT2D eigenvalue weighted by molar-refractivity contribution is -0.118. The monoisotopic (exact) mass is 339 g/mol. The molecule has 0 atom stereocenters. The number of carbonyl (C=O) groups is 1. The second-order valence-corrected chi connectivity index (χ2v) is 6.21. The Morgan fingerprint density at radius 1 is 1.48 bits per heavy atom. The van der Waals surface area contributed by atoms with Crippen LogP contribution in [0.1, 0.15) is 5.56 Å². The number of aliphatic hydroxyl groups is 1. The van der Waals surface area contributed by atoms with E-state index >= 15 is 0 Å². The van der Waals surface area contributed by atoms with E-state index in [4.69, 9.17) is 9.84 Å². The Morgan fingerprint density at radius 2 is 2.30 bits per heavy atom. The van der Waals surface area contributed by atoms with E-state index < -0.39 is 0 Å². The summed E-state index contributed by atoms with van der Waals surface area (Å²) in [7, 11) is 4.03. The van der Waals surface area contributed by atoms with Gasteiger partial charge in [0.15, 0.2) is 0 Å². The van der Waals surface area contributed by atoms with Gasteiger partial charge in [-0.05, 0) is 31.8 Å². The summed E-state index contributed by atoms with van der Waals surface area (Å²) in [5, 5.41) is 11.4. The molecule has 0 saturated carbocycles. The second kappa shape index (κ2) is 11.9. The lowest BCUT2D eigenvalue weighted by Crippen LogP contribution is -2.25. The van der Waals surface area contributed by atoms with Crippen LogP contribution in [0.5, 0.6) is 5.88 Å². The summed E-state index contributed by atoms with van der Waals surface area (Å²) in [6.07, 6.45) is 5.43. The summed E-state index contributed by atoms with van der Waals surface area (Å²) >= 11 is 1.41. The first-order valence-electron chi connectivity index (χ1n) is 7.44. The highest BCUT2D eigenvalue weighted by Crippen LogP contribution is 2.10. The van der Waals surface area contributed by atoms with Gasteiger partial charge in [-0.25, -0.2) is 4.98 Å². The molecular weight excluding hydrogens is 314 g/mol. The number of pyridine rings is 1. The molecule has 0 aromatic carbocycles. The first-order chi connectivity index (χ1) is 11.1. The number of thioether (sulfide) groups is 1. The first-order valence-corrected chi connectivity index (χ1v) is 8.60. The zero-order chi connectivity index (χ0) is 16.9. The molecule has 6 nitrogen and oxygen atoms in total. The zero-order valence-electron chi connectivity index (χ0n) is 13.7. The largest absolute Gasteiger partial charge is 0.473 e. The highest BCUT2D eigenvalue weighted by molar-refractivity contribution is 7.99. The predicted octanol–water partition coefficient (Wildman–Crippen LogP) is 0.920. The Balaban J connectivity index is 2.19. The normalized spacial score (nSPS) is 11.1. The van der Waals surface area contributed by atoms with E-state index in [-0.39, 0.29) is 12.5 Å². The number of rotatable bonds is 11. The minimum Gasteiger partial charge on any atom is -0.473 e. The van der Waals surface area contributed by atoms with Crippen molar-refractivity contribution in [2.24, 2.45) is 0 Å². The minimum atomic E-state index is -0.0351. The molecule has 1 rings (SSSR count). The average Bonchev–Trinajstić information content (AvgIpc) is 2.51. The lowest BCUT2D eigenvalue weighted by atomic mass is 10.2. The van der Waals surface area contributed by atoms with Crippen molar-refractivity contribution in [3.8, 4) is 5.88 Å². The molecule has 1 heterocycles. The van der Waals surface area contributed by atoms with Crippen molar-refractivity contribution < 1.29 is 14.6 Å². The van der Waals surface area contributed by atoms with Gasteiger partial charge in [-0.15, -0.1) is 11.8 Å². The molecule has 0 aliphatic heterocycles. The third-order valence-corrected chi connectivity index (χ3v) is 3.62. The number of aromatic nitrogens is 1. The molecule has 0 aliphatic carbocycles. The maximum atomic E-state index is 11.4. The maximum absolute atomic E-state index is 11.4. The summed E-state index contributed by atoms with van der Waals surface area (Å²) in [4.78, 5) is 17.7. The molecule has 0 fully saturated rings. The van der Waals surface area contributed by atoms with Crippen LogP contribution in [0, 0.1) is 0 Å². The molecule has 7 heteroatoms. The van der Waals surface area contributed by atoms with E-state index in [1.807, 2.05) is 38.4 Å². The second-order valence-electron chi connectivity index (χ2n) is 5.10. The van der Waals surface area contributed by atoms with Crippen LogP contribution in [0.2, 0.25) is 0 Å². The van der Waals surface area contributed by atoms with Gasteiger partial charge in [-0.2, -0.15) is 0 Å². The van der Waals surface area contributed by atoms with Crippen molar-refractivity contribution in [2.75, 3.05) is 45.4 Å². The van der Waals surface area contributed by atoms with Gasteiger partial charge >= 0.3 is 0 Å². The van der Waals surface area contributed by atoms with Crippen LogP contribution in [0.3, 0.4) is 0 Å². The average molecular weight is 339 g/mol. The van der Waals surface area contributed by atoms with Crippen LogP contribution in [0.25, 0.3) is 0 Å². The standard InChI is InChI=1S/C16H25N3O3S/c1-19(2)12-14-5-7-18-16(11-14)22-9-4-3-6-17-15(21)13-23-10-8-20/h3-5,7,11,20H,6,8-10,12-13H2,1-2H3,(H,17,21)/b4-3-. The van der Waals surface area contributed by atoms with Crippen molar-refractivity contribution in [3.63, 3.8) is 0 Å². The van der Waals surface area contributed by atoms with Crippen LogP contribution in [-0.2, 0) is 11.3 Å². The smallest absolute Gasteiger partial charge is 0.230 e. The Morgan fingerprint density at radius 3 is 3.04 bits per heavy atom. The van der Waals surface area contributed by atoms with Crippen LogP contribution < -0.4 is 10.1 Å². The van der Waals surface area contributed by atoms with Crippen LogP contribution >= 0.6 is 11.8 Å². The molecule has 0 spiro atoms. The molecule has 1 aromatic rings. The molecule has 23 heavy (non-hydrogen) atoms. The number of ether oxygens (including phenoxy) is 1. The number of nitrogens with zero attached hydrogens (tertiary/aromatic N) is 2. The van der Waals surface area contributed by atoms with Gasteiger partial charge in [0.1, 0.15) is 6.61 Å². The summed E-state index contributed by atoms with van der Waals surface area (Å²) in [6, 6.07) is 3.89. The Hall–Kier alpha value is -1.57. The van der Waals surface area contributed by atoms with Crippen molar-refractivity contribution in [1.82, 2.24) is 15.2 Å². The van der Waals surface area contributed by atoms with Crippen molar-refractivity contribution in [1.29, 1.82) is 0 Å². The molecule has 1 aromatic heterocycles. The molecule has 0 unspecified atom stereocenters. The number of carbonyl (C=O) groups excluding carboxylic acids is 1. The summed E-state index contributed by atoms with van der Waals surface area (Å²) in [5.74, 6) is 1.51. The fourth-order valence-electron chi connectivity index (χ4n) is 1.73. The highest BCUT2D eigenvalue weighted by atomic mass is 32.2. The van der Waals surface area contributed by atoms with E-state index in [9.17, 15) is 4.79 Å². The molecule has 1 amide bonds. The Kier molecular flexibility index (Phi) is 10.1. The molecular formula is C16H25N3O3S. The van der Waals surface area contributed by atoms with Gasteiger partial charge < -0.3 is 20.1 Å². The highest BCUT2D eigenvalue weighted by Gasteiger charge is 2.00. The molecule has 0 radical (unpaired) electrons. The lowest BCUT2D eigenvalue weighted by Gasteiger charge is -2.10. The number of nitrogens with one attached hydrogen (secondary N) is 1. The van der Waals surface area contributed by atoms with Crippen molar-refractivity contribution >= 4 is 17.7 Å². The summed E-state index contributed by atoms with van der Waals surface area (Å²) in [6.45, 7) is 1.82. The first kappa shape index (κ1) is 19.5. The van der Waals surface area contributed by atoms with Gasteiger partial charge in [0.05, 0.1) is 12.4 Å². The van der Waals surface area contributed by atoms with E-state index in [2.05, 4.69) is 15.2 Å². The van der Waals surface area contributed by atoms with Crippen molar-refractivity contribution in [3.05, 3.63) is 36.0 Å².